The number of nitrogens with one attached hydrogen (secondary N) is 2. The van der Waals surface area contributed by atoms with Gasteiger partial charge in [-0.2, -0.15) is 0 Å². The molecule has 0 spiro atoms. The lowest BCUT2D eigenvalue weighted by Crippen LogP contribution is -2.12. The van der Waals surface area contributed by atoms with Gasteiger partial charge in [-0.25, -0.2) is 0 Å². The summed E-state index contributed by atoms with van der Waals surface area (Å²) >= 11 is 0. The van der Waals surface area contributed by atoms with Crippen LogP contribution < -0.4 is 10.6 Å². The third-order valence-corrected chi connectivity index (χ3v) is 2.65. The van der Waals surface area contributed by atoms with Crippen molar-refractivity contribution in [3.8, 4) is 0 Å². The van der Waals surface area contributed by atoms with E-state index in [0.29, 0.717) is 0 Å². The van der Waals surface area contributed by atoms with E-state index in [1.54, 1.807) is 18.6 Å². The second-order valence-corrected chi connectivity index (χ2v) is 3.88. The molecule has 3 rings (SSSR count). The predicted octanol–water partition coefficient (Wildman–Crippen LogP) is 2.40. The fraction of sp³-hybridized carbons (Fsp3) is 0. The number of hydrogen-bond donors (Lipinski definition) is 2. The lowest BCUT2D eigenvalue weighted by Gasteiger charge is -2.13. The maximum atomic E-state index is 4.29. The minimum atomic E-state index is 0.883. The molecule has 2 aliphatic heterocycles. The van der Waals surface area contributed by atoms with Gasteiger partial charge in [-0.3, -0.25) is 9.98 Å². The molecule has 0 aromatic heterocycles. The molecular formula is C14H12N4. The predicted molar refractivity (Wildman–Crippen MR) is 74.6 cm³/mol. The number of hydrogen-bond acceptors (Lipinski definition) is 4. The molecule has 0 saturated carbocycles. The van der Waals surface area contributed by atoms with E-state index in [9.17, 15) is 0 Å². The lowest BCUT2D eigenvalue weighted by atomic mass is 10.2. The third kappa shape index (κ3) is 2.08. The van der Waals surface area contributed by atoms with Crippen LogP contribution in [0, 0.1) is 0 Å². The summed E-state index contributed by atoms with van der Waals surface area (Å²) in [5, 5.41) is 6.52. The average molecular weight is 236 g/mol. The summed E-state index contributed by atoms with van der Waals surface area (Å²) in [5.74, 6) is 0. The molecule has 2 heterocycles. The molecule has 4 nitrogen and oxygen atoms in total. The molecule has 2 N–H and O–H groups in total. The second kappa shape index (κ2) is 4.71. The third-order valence-electron chi connectivity index (χ3n) is 2.65. The van der Waals surface area contributed by atoms with Crippen LogP contribution in [0.1, 0.15) is 5.56 Å². The summed E-state index contributed by atoms with van der Waals surface area (Å²) in [5.41, 5.74) is 3.87. The summed E-state index contributed by atoms with van der Waals surface area (Å²) in [6.45, 7) is 0. The molecule has 0 unspecified atom stereocenters. The average Bonchev–Trinajstić information content (AvgIpc) is 2.79. The van der Waals surface area contributed by atoms with Crippen molar-refractivity contribution in [3.63, 3.8) is 0 Å². The highest BCUT2D eigenvalue weighted by Crippen LogP contribution is 2.20. The second-order valence-electron chi connectivity index (χ2n) is 3.88. The fourth-order valence-electron chi connectivity index (χ4n) is 1.76. The summed E-state index contributed by atoms with van der Waals surface area (Å²) in [7, 11) is 0. The van der Waals surface area contributed by atoms with E-state index in [0.717, 1.165) is 22.6 Å². The number of fused-ring (bicyclic) bond motifs is 1. The minimum Gasteiger partial charge on any atom is -0.359 e. The smallest absolute Gasteiger partial charge is 0.0825 e. The normalized spacial score (nSPS) is 16.7. The van der Waals surface area contributed by atoms with Gasteiger partial charge in [0.15, 0.2) is 0 Å². The highest BCUT2D eigenvalue weighted by molar-refractivity contribution is 5.89. The Morgan fingerprint density at radius 1 is 0.944 bits per heavy atom. The highest BCUT2D eigenvalue weighted by Gasteiger charge is 2.09. The monoisotopic (exact) mass is 236 g/mol. The SMILES string of the molecule is C1=CNC(C2=CN=Cc3ccccc3N2)=CN=C1. The Bertz CT molecular complexity index is 606. The Morgan fingerprint density at radius 3 is 2.83 bits per heavy atom. The Morgan fingerprint density at radius 2 is 1.83 bits per heavy atom. The van der Waals surface area contributed by atoms with Crippen LogP contribution in [0.25, 0.3) is 0 Å². The first-order valence-corrected chi connectivity index (χ1v) is 5.68. The van der Waals surface area contributed by atoms with E-state index in [2.05, 4.69) is 20.6 Å². The molecular weight excluding hydrogens is 224 g/mol. The fourth-order valence-corrected chi connectivity index (χ4v) is 1.76. The van der Waals surface area contributed by atoms with Gasteiger partial charge in [0.25, 0.3) is 0 Å². The van der Waals surface area contributed by atoms with Crippen LogP contribution in [0.5, 0.6) is 0 Å². The molecule has 18 heavy (non-hydrogen) atoms. The van der Waals surface area contributed by atoms with Crippen LogP contribution >= 0.6 is 0 Å². The van der Waals surface area contributed by atoms with Gasteiger partial charge in [0, 0.05) is 29.9 Å². The van der Waals surface area contributed by atoms with E-state index < -0.39 is 0 Å². The number of para-hydroxylation sites is 1. The van der Waals surface area contributed by atoms with Gasteiger partial charge >= 0.3 is 0 Å². The van der Waals surface area contributed by atoms with Gasteiger partial charge in [-0.05, 0) is 12.1 Å². The standard InChI is InChI=1S/C14H12N4/c1-2-5-12-11(4-1)8-16-10-14(18-12)13-9-15-6-3-7-17-13/h1-10,17-18H. The summed E-state index contributed by atoms with van der Waals surface area (Å²) in [4.78, 5) is 8.44. The van der Waals surface area contributed by atoms with Crippen LogP contribution in [0.2, 0.25) is 0 Å². The molecule has 0 atom stereocenters. The first kappa shape index (κ1) is 10.5. The number of allylic oxidation sites excluding steroid dienone is 1. The molecule has 0 bridgehead atoms. The maximum absolute atomic E-state index is 4.29. The zero-order chi connectivity index (χ0) is 12.2. The van der Waals surface area contributed by atoms with Crippen LogP contribution in [0.15, 0.2) is 70.3 Å². The van der Waals surface area contributed by atoms with Gasteiger partial charge < -0.3 is 10.6 Å². The Hall–Kier alpha value is -2.62. The van der Waals surface area contributed by atoms with Crippen molar-refractivity contribution in [3.05, 3.63) is 65.9 Å². The molecule has 0 saturated heterocycles. The Kier molecular flexibility index (Phi) is 2.75. The molecule has 0 radical (unpaired) electrons. The largest absolute Gasteiger partial charge is 0.359 e. The number of nitrogens with zero attached hydrogens (tertiary/aromatic N) is 2. The van der Waals surface area contributed by atoms with Crippen molar-refractivity contribution >= 4 is 18.1 Å². The number of rotatable bonds is 1. The molecule has 0 fully saturated rings. The zero-order valence-electron chi connectivity index (χ0n) is 9.67. The van der Waals surface area contributed by atoms with Crippen molar-refractivity contribution in [1.29, 1.82) is 0 Å². The Labute approximate surface area is 105 Å². The van der Waals surface area contributed by atoms with Crippen LogP contribution in [-0.2, 0) is 0 Å². The van der Waals surface area contributed by atoms with Crippen molar-refractivity contribution < 1.29 is 0 Å². The molecule has 2 aliphatic rings. The van der Waals surface area contributed by atoms with Crippen LogP contribution in [0.4, 0.5) is 5.69 Å². The van der Waals surface area contributed by atoms with Crippen molar-refractivity contribution in [1.82, 2.24) is 5.32 Å². The minimum absolute atomic E-state index is 0.883. The number of aliphatic imine (C=N–C) groups is 2. The first-order chi connectivity index (χ1) is 8.93. The van der Waals surface area contributed by atoms with Gasteiger partial charge in [0.1, 0.15) is 0 Å². The molecule has 1 aromatic carbocycles. The molecule has 1 aromatic rings. The Balaban J connectivity index is 1.94. The van der Waals surface area contributed by atoms with Crippen molar-refractivity contribution in [2.75, 3.05) is 5.32 Å². The lowest BCUT2D eigenvalue weighted by molar-refractivity contribution is 1.06. The molecule has 0 aliphatic carbocycles. The summed E-state index contributed by atoms with van der Waals surface area (Å²) < 4.78 is 0. The summed E-state index contributed by atoms with van der Waals surface area (Å²) in [6.07, 6.45) is 10.8. The topological polar surface area (TPSA) is 48.8 Å². The number of benzene rings is 1. The van der Waals surface area contributed by atoms with E-state index in [4.69, 9.17) is 0 Å². The van der Waals surface area contributed by atoms with Crippen LogP contribution in [0.3, 0.4) is 0 Å². The zero-order valence-corrected chi connectivity index (χ0v) is 9.67. The maximum Gasteiger partial charge on any atom is 0.0825 e. The first-order valence-electron chi connectivity index (χ1n) is 5.68. The van der Waals surface area contributed by atoms with Gasteiger partial charge in [0.2, 0.25) is 0 Å². The van der Waals surface area contributed by atoms with Gasteiger partial charge in [0.05, 0.1) is 23.8 Å². The van der Waals surface area contributed by atoms with Crippen LogP contribution in [-0.4, -0.2) is 12.4 Å². The molecule has 4 heteroatoms. The van der Waals surface area contributed by atoms with E-state index in [-0.39, 0.29) is 0 Å². The van der Waals surface area contributed by atoms with E-state index >= 15 is 0 Å². The van der Waals surface area contributed by atoms with E-state index in [1.165, 1.54) is 0 Å². The highest BCUT2D eigenvalue weighted by atomic mass is 15.0. The van der Waals surface area contributed by atoms with E-state index in [1.807, 2.05) is 42.8 Å². The quantitative estimate of drug-likeness (QED) is 0.786. The molecule has 88 valence electrons. The van der Waals surface area contributed by atoms with Gasteiger partial charge in [-0.15, -0.1) is 0 Å². The van der Waals surface area contributed by atoms with Crippen molar-refractivity contribution in [2.45, 2.75) is 0 Å². The van der Waals surface area contributed by atoms with Gasteiger partial charge in [-0.1, -0.05) is 18.2 Å². The number of anilines is 1. The summed E-state index contributed by atoms with van der Waals surface area (Å²) in [6, 6.07) is 8.04. The van der Waals surface area contributed by atoms with Crippen molar-refractivity contribution in [2.24, 2.45) is 9.98 Å². The molecule has 0 amide bonds.